The number of carbonyl (C=O) groups excluding carboxylic acids is 1. The van der Waals surface area contributed by atoms with Gasteiger partial charge in [0.15, 0.2) is 5.82 Å². The van der Waals surface area contributed by atoms with Gasteiger partial charge in [0.25, 0.3) is 0 Å². The molecule has 0 N–H and O–H groups in total. The Morgan fingerprint density at radius 1 is 0.968 bits per heavy atom. The highest BCUT2D eigenvalue weighted by atomic mass is 35.5. The highest BCUT2D eigenvalue weighted by molar-refractivity contribution is 6.30. The van der Waals surface area contributed by atoms with Gasteiger partial charge < -0.3 is 14.2 Å². The second kappa shape index (κ2) is 7.16. The standard InChI is InChI=1S/C22H16ClF3N4O/c23-15-4-6-16(7-5-15)29-11-10-28(13-20(29)31)21-18-2-1-9-30(18)19-12-14(22(24,25)26)3-8-17(19)27-21/h1-9,12H,10-11,13H2. The lowest BCUT2D eigenvalue weighted by Crippen LogP contribution is -2.51. The molecule has 1 amide bonds. The van der Waals surface area contributed by atoms with Gasteiger partial charge in [0, 0.05) is 30.0 Å². The number of halogens is 4. The van der Waals surface area contributed by atoms with E-state index in [0.29, 0.717) is 40.5 Å². The first-order chi connectivity index (χ1) is 14.8. The summed E-state index contributed by atoms with van der Waals surface area (Å²) < 4.78 is 41.2. The topological polar surface area (TPSA) is 40.9 Å². The third kappa shape index (κ3) is 3.46. The summed E-state index contributed by atoms with van der Waals surface area (Å²) in [6.07, 6.45) is -2.73. The van der Waals surface area contributed by atoms with Gasteiger partial charge in [-0.25, -0.2) is 4.98 Å². The van der Waals surface area contributed by atoms with Crippen LogP contribution in [0.3, 0.4) is 0 Å². The Labute approximate surface area is 180 Å². The largest absolute Gasteiger partial charge is 0.416 e. The van der Waals surface area contributed by atoms with Gasteiger partial charge >= 0.3 is 6.18 Å². The summed E-state index contributed by atoms with van der Waals surface area (Å²) in [6, 6.07) is 14.1. The first kappa shape index (κ1) is 19.7. The lowest BCUT2D eigenvalue weighted by Gasteiger charge is -2.35. The summed E-state index contributed by atoms with van der Waals surface area (Å²) in [4.78, 5) is 21.0. The molecule has 1 aliphatic rings. The van der Waals surface area contributed by atoms with E-state index < -0.39 is 11.7 Å². The fourth-order valence-electron chi connectivity index (χ4n) is 3.91. The smallest absolute Gasteiger partial charge is 0.344 e. The number of amides is 1. The Bertz CT molecular complexity index is 1300. The minimum Gasteiger partial charge on any atom is -0.344 e. The molecule has 0 atom stereocenters. The average Bonchev–Trinajstić information content (AvgIpc) is 3.23. The van der Waals surface area contributed by atoms with Gasteiger partial charge in [-0.2, -0.15) is 13.2 Å². The van der Waals surface area contributed by atoms with E-state index >= 15 is 0 Å². The Balaban J connectivity index is 1.51. The predicted octanol–water partition coefficient (Wildman–Crippen LogP) is 5.01. The van der Waals surface area contributed by atoms with Gasteiger partial charge in [-0.3, -0.25) is 4.79 Å². The first-order valence-electron chi connectivity index (χ1n) is 9.60. The number of benzene rings is 2. The summed E-state index contributed by atoms with van der Waals surface area (Å²) in [6.45, 7) is 1.11. The van der Waals surface area contributed by atoms with Crippen LogP contribution >= 0.6 is 11.6 Å². The Morgan fingerprint density at radius 3 is 2.45 bits per heavy atom. The molecule has 5 rings (SSSR count). The molecule has 5 nitrogen and oxygen atoms in total. The molecule has 0 spiro atoms. The second-order valence-corrected chi connectivity index (χ2v) is 7.78. The molecule has 2 aromatic heterocycles. The number of nitrogens with zero attached hydrogens (tertiary/aromatic N) is 4. The lowest BCUT2D eigenvalue weighted by molar-refractivity contribution is -0.137. The van der Waals surface area contributed by atoms with E-state index in [1.807, 2.05) is 4.90 Å². The zero-order valence-corrected chi connectivity index (χ0v) is 16.9. The zero-order chi connectivity index (χ0) is 21.8. The Kier molecular flexibility index (Phi) is 4.55. The van der Waals surface area contributed by atoms with Crippen molar-refractivity contribution in [1.82, 2.24) is 9.38 Å². The van der Waals surface area contributed by atoms with Gasteiger partial charge in [0.2, 0.25) is 5.91 Å². The number of aromatic nitrogens is 2. The molecule has 4 aromatic rings. The summed E-state index contributed by atoms with van der Waals surface area (Å²) in [5.41, 5.74) is 1.49. The maximum Gasteiger partial charge on any atom is 0.416 e. The van der Waals surface area contributed by atoms with Crippen molar-refractivity contribution in [2.75, 3.05) is 29.4 Å². The number of rotatable bonds is 2. The molecular formula is C22H16ClF3N4O. The van der Waals surface area contributed by atoms with Crippen molar-refractivity contribution < 1.29 is 18.0 Å². The van der Waals surface area contributed by atoms with Crippen molar-refractivity contribution in [1.29, 1.82) is 0 Å². The average molecular weight is 445 g/mol. The molecule has 31 heavy (non-hydrogen) atoms. The van der Waals surface area contributed by atoms with Crippen LogP contribution in [0, 0.1) is 0 Å². The Hall–Kier alpha value is -3.26. The summed E-state index contributed by atoms with van der Waals surface area (Å²) in [5, 5.41) is 0.597. The first-order valence-corrected chi connectivity index (χ1v) is 9.98. The molecule has 0 bridgehead atoms. The van der Waals surface area contributed by atoms with E-state index in [9.17, 15) is 18.0 Å². The number of alkyl halides is 3. The van der Waals surface area contributed by atoms with Crippen molar-refractivity contribution in [3.63, 3.8) is 0 Å². The van der Waals surface area contributed by atoms with Crippen LogP contribution < -0.4 is 9.80 Å². The highest BCUT2D eigenvalue weighted by Gasteiger charge is 2.31. The van der Waals surface area contributed by atoms with Crippen molar-refractivity contribution >= 4 is 45.6 Å². The molecule has 1 fully saturated rings. The molecule has 158 valence electrons. The number of carbonyl (C=O) groups is 1. The van der Waals surface area contributed by atoms with Crippen LogP contribution in [0.25, 0.3) is 16.6 Å². The number of anilines is 2. The van der Waals surface area contributed by atoms with Crippen LogP contribution in [0.2, 0.25) is 5.02 Å². The molecule has 1 saturated heterocycles. The Morgan fingerprint density at radius 2 is 1.74 bits per heavy atom. The number of hydrogen-bond acceptors (Lipinski definition) is 3. The molecule has 1 aliphatic heterocycles. The highest BCUT2D eigenvalue weighted by Crippen LogP contribution is 2.33. The SMILES string of the molecule is O=C1CN(c2nc3ccc(C(F)(F)F)cc3n3cccc23)CCN1c1ccc(Cl)cc1. The van der Waals surface area contributed by atoms with Crippen LogP contribution in [-0.4, -0.2) is 34.9 Å². The summed E-state index contributed by atoms with van der Waals surface area (Å²) in [7, 11) is 0. The van der Waals surface area contributed by atoms with Gasteiger partial charge in [0.05, 0.1) is 28.7 Å². The van der Waals surface area contributed by atoms with Crippen molar-refractivity contribution in [3.05, 3.63) is 71.4 Å². The third-order valence-corrected chi connectivity index (χ3v) is 5.68. The van der Waals surface area contributed by atoms with E-state index in [1.165, 1.54) is 6.07 Å². The number of hydrogen-bond donors (Lipinski definition) is 0. The maximum absolute atomic E-state index is 13.2. The number of fused-ring (bicyclic) bond motifs is 3. The van der Waals surface area contributed by atoms with E-state index in [4.69, 9.17) is 11.6 Å². The van der Waals surface area contributed by atoms with Crippen LogP contribution in [0.5, 0.6) is 0 Å². The van der Waals surface area contributed by atoms with Crippen LogP contribution in [-0.2, 0) is 11.0 Å². The van der Waals surface area contributed by atoms with Gasteiger partial charge in [-0.05, 0) is 54.6 Å². The molecule has 2 aromatic carbocycles. The lowest BCUT2D eigenvalue weighted by atomic mass is 10.1. The predicted molar refractivity (Wildman–Crippen MR) is 114 cm³/mol. The minimum absolute atomic E-state index is 0.0902. The minimum atomic E-state index is -4.43. The fraction of sp³-hybridized carbons (Fsp3) is 0.182. The second-order valence-electron chi connectivity index (χ2n) is 7.34. The van der Waals surface area contributed by atoms with Gasteiger partial charge in [0.1, 0.15) is 0 Å². The van der Waals surface area contributed by atoms with Crippen LogP contribution in [0.15, 0.2) is 60.8 Å². The monoisotopic (exact) mass is 444 g/mol. The molecule has 0 unspecified atom stereocenters. The molecule has 9 heteroatoms. The van der Waals surface area contributed by atoms with E-state index in [2.05, 4.69) is 4.98 Å². The quantitative estimate of drug-likeness (QED) is 0.436. The fourth-order valence-corrected chi connectivity index (χ4v) is 4.04. The van der Waals surface area contributed by atoms with Crippen molar-refractivity contribution in [2.24, 2.45) is 0 Å². The van der Waals surface area contributed by atoms with Crippen molar-refractivity contribution in [2.45, 2.75) is 6.18 Å². The molecular weight excluding hydrogens is 429 g/mol. The van der Waals surface area contributed by atoms with E-state index in [0.717, 1.165) is 17.8 Å². The molecule has 0 saturated carbocycles. The molecule has 0 aliphatic carbocycles. The van der Waals surface area contributed by atoms with Crippen LogP contribution in [0.4, 0.5) is 24.7 Å². The van der Waals surface area contributed by atoms with Crippen molar-refractivity contribution in [3.8, 4) is 0 Å². The van der Waals surface area contributed by atoms with E-state index in [1.54, 1.807) is 51.9 Å². The van der Waals surface area contributed by atoms with Gasteiger partial charge in [-0.1, -0.05) is 11.6 Å². The zero-order valence-electron chi connectivity index (χ0n) is 16.1. The third-order valence-electron chi connectivity index (χ3n) is 5.43. The number of piperazine rings is 1. The van der Waals surface area contributed by atoms with Crippen LogP contribution in [0.1, 0.15) is 5.56 Å². The summed E-state index contributed by atoms with van der Waals surface area (Å²) >= 11 is 5.93. The normalized spacial score (nSPS) is 15.3. The summed E-state index contributed by atoms with van der Waals surface area (Å²) in [5.74, 6) is 0.481. The van der Waals surface area contributed by atoms with Gasteiger partial charge in [-0.15, -0.1) is 0 Å². The molecule has 0 radical (unpaired) electrons. The van der Waals surface area contributed by atoms with E-state index in [-0.39, 0.29) is 12.5 Å². The maximum atomic E-state index is 13.2. The molecule has 3 heterocycles.